The van der Waals surface area contributed by atoms with E-state index in [2.05, 4.69) is 60.0 Å². The normalized spacial score (nSPS) is 13.1. The monoisotopic (exact) mass is 478 g/mol. The van der Waals surface area contributed by atoms with Gasteiger partial charge in [-0.2, -0.15) is 0 Å². The number of aromatic amines is 1. The number of pyridine rings is 1. The van der Waals surface area contributed by atoms with Crippen LogP contribution in [0.25, 0.3) is 10.9 Å². The van der Waals surface area contributed by atoms with Crippen LogP contribution in [0.2, 0.25) is 0 Å². The molecule has 0 aliphatic rings. The Morgan fingerprint density at radius 3 is 2.66 bits per heavy atom. The van der Waals surface area contributed by atoms with E-state index in [9.17, 15) is 4.79 Å². The van der Waals surface area contributed by atoms with Crippen LogP contribution in [0.3, 0.4) is 0 Å². The molecule has 1 N–H and O–H groups in total. The zero-order valence-electron chi connectivity index (χ0n) is 21.3. The number of fused-ring (bicyclic) bond motifs is 1. The summed E-state index contributed by atoms with van der Waals surface area (Å²) < 4.78 is 13.0. The SMILES string of the molecule is CCC(C)(C)n1nnnc1C(C(C)C)N(Cc1ccco1)Cc1cc2cc(OC)ccc2[nH]c1=O. The summed E-state index contributed by atoms with van der Waals surface area (Å²) in [7, 11) is 1.63. The van der Waals surface area contributed by atoms with Crippen LogP contribution >= 0.6 is 0 Å². The van der Waals surface area contributed by atoms with Crippen molar-refractivity contribution in [3.63, 3.8) is 0 Å². The van der Waals surface area contributed by atoms with Gasteiger partial charge in [0.1, 0.15) is 11.5 Å². The van der Waals surface area contributed by atoms with Gasteiger partial charge in [-0.3, -0.25) is 9.69 Å². The Balaban J connectivity index is 1.79. The van der Waals surface area contributed by atoms with Crippen molar-refractivity contribution in [2.45, 2.75) is 65.7 Å². The molecule has 4 rings (SSSR count). The van der Waals surface area contributed by atoms with E-state index < -0.39 is 0 Å². The first-order valence-corrected chi connectivity index (χ1v) is 12.0. The third kappa shape index (κ3) is 5.14. The highest BCUT2D eigenvalue weighted by atomic mass is 16.5. The molecule has 3 heterocycles. The van der Waals surface area contributed by atoms with E-state index in [1.807, 2.05) is 41.1 Å². The van der Waals surface area contributed by atoms with Gasteiger partial charge in [0.15, 0.2) is 5.82 Å². The number of H-pyrrole nitrogens is 1. The molecule has 0 fully saturated rings. The predicted molar refractivity (Wildman–Crippen MR) is 134 cm³/mol. The van der Waals surface area contributed by atoms with Gasteiger partial charge in [-0.1, -0.05) is 20.8 Å². The minimum atomic E-state index is -0.251. The minimum absolute atomic E-state index is 0.122. The van der Waals surface area contributed by atoms with E-state index in [0.29, 0.717) is 18.7 Å². The van der Waals surface area contributed by atoms with Crippen LogP contribution in [0.1, 0.15) is 64.2 Å². The van der Waals surface area contributed by atoms with Crippen molar-refractivity contribution in [2.75, 3.05) is 7.11 Å². The number of furan rings is 1. The van der Waals surface area contributed by atoms with E-state index in [0.717, 1.165) is 34.7 Å². The van der Waals surface area contributed by atoms with Crippen molar-refractivity contribution in [3.8, 4) is 5.75 Å². The van der Waals surface area contributed by atoms with Crippen LogP contribution in [-0.4, -0.2) is 37.2 Å². The Kier molecular flexibility index (Phi) is 7.07. The maximum atomic E-state index is 13.1. The molecular weight excluding hydrogens is 444 g/mol. The van der Waals surface area contributed by atoms with Gasteiger partial charge >= 0.3 is 0 Å². The number of tetrazole rings is 1. The first-order valence-electron chi connectivity index (χ1n) is 12.0. The number of nitrogens with zero attached hydrogens (tertiary/aromatic N) is 5. The molecule has 0 aliphatic carbocycles. The van der Waals surface area contributed by atoms with Gasteiger partial charge in [-0.15, -0.1) is 5.10 Å². The lowest BCUT2D eigenvalue weighted by molar-refractivity contribution is 0.109. The fourth-order valence-corrected chi connectivity index (χ4v) is 4.39. The van der Waals surface area contributed by atoms with Crippen LogP contribution in [0, 0.1) is 5.92 Å². The van der Waals surface area contributed by atoms with Crippen LogP contribution < -0.4 is 10.3 Å². The van der Waals surface area contributed by atoms with Gasteiger partial charge in [0.2, 0.25) is 0 Å². The fraction of sp³-hybridized carbons (Fsp3) is 0.462. The van der Waals surface area contributed by atoms with Crippen molar-refractivity contribution in [1.82, 2.24) is 30.1 Å². The van der Waals surface area contributed by atoms with Crippen molar-refractivity contribution in [3.05, 3.63) is 70.2 Å². The first-order chi connectivity index (χ1) is 16.7. The van der Waals surface area contributed by atoms with Gasteiger partial charge in [0, 0.05) is 23.0 Å². The molecule has 0 spiro atoms. The lowest BCUT2D eigenvalue weighted by atomic mass is 9.97. The van der Waals surface area contributed by atoms with E-state index >= 15 is 0 Å². The Hall–Kier alpha value is -3.46. The quantitative estimate of drug-likeness (QED) is 0.354. The molecule has 0 saturated heterocycles. The average molecular weight is 479 g/mol. The van der Waals surface area contributed by atoms with Crippen molar-refractivity contribution in [1.29, 1.82) is 0 Å². The topological polar surface area (TPSA) is 102 Å². The summed E-state index contributed by atoms with van der Waals surface area (Å²) in [6.07, 6.45) is 2.54. The second-order valence-electron chi connectivity index (χ2n) is 9.86. The van der Waals surface area contributed by atoms with E-state index in [4.69, 9.17) is 9.15 Å². The van der Waals surface area contributed by atoms with Gasteiger partial charge in [0.05, 0.1) is 31.5 Å². The van der Waals surface area contributed by atoms with Gasteiger partial charge < -0.3 is 14.1 Å². The molecule has 4 aromatic rings. The fourth-order valence-electron chi connectivity index (χ4n) is 4.39. The van der Waals surface area contributed by atoms with E-state index in [1.54, 1.807) is 13.4 Å². The Morgan fingerprint density at radius 1 is 1.20 bits per heavy atom. The third-order valence-electron chi connectivity index (χ3n) is 6.66. The summed E-state index contributed by atoms with van der Waals surface area (Å²) in [6.45, 7) is 11.6. The van der Waals surface area contributed by atoms with Crippen molar-refractivity contribution < 1.29 is 9.15 Å². The number of hydrogen-bond donors (Lipinski definition) is 1. The largest absolute Gasteiger partial charge is 0.497 e. The summed E-state index contributed by atoms with van der Waals surface area (Å²) in [5, 5.41) is 13.8. The van der Waals surface area contributed by atoms with Crippen molar-refractivity contribution >= 4 is 10.9 Å². The van der Waals surface area contributed by atoms with Crippen LogP contribution in [0.4, 0.5) is 0 Å². The number of nitrogens with one attached hydrogen (secondary N) is 1. The number of methoxy groups -OCH3 is 1. The zero-order valence-corrected chi connectivity index (χ0v) is 21.3. The third-order valence-corrected chi connectivity index (χ3v) is 6.66. The molecule has 186 valence electrons. The Morgan fingerprint density at radius 2 is 2.00 bits per heavy atom. The number of aromatic nitrogens is 5. The smallest absolute Gasteiger partial charge is 0.252 e. The number of hydrogen-bond acceptors (Lipinski definition) is 7. The average Bonchev–Trinajstić information content (AvgIpc) is 3.52. The molecule has 0 amide bonds. The molecule has 35 heavy (non-hydrogen) atoms. The van der Waals surface area contributed by atoms with E-state index in [-0.39, 0.29) is 23.1 Å². The Bertz CT molecular complexity index is 1320. The van der Waals surface area contributed by atoms with Crippen molar-refractivity contribution in [2.24, 2.45) is 5.92 Å². The van der Waals surface area contributed by atoms with Crippen LogP contribution in [0.15, 0.2) is 51.9 Å². The summed E-state index contributed by atoms with van der Waals surface area (Å²) in [6, 6.07) is 11.2. The summed E-state index contributed by atoms with van der Waals surface area (Å²) in [5.41, 5.74) is 1.05. The molecule has 0 saturated carbocycles. The summed E-state index contributed by atoms with van der Waals surface area (Å²) >= 11 is 0. The molecule has 0 radical (unpaired) electrons. The van der Waals surface area contributed by atoms with Crippen LogP contribution in [0.5, 0.6) is 5.75 Å². The summed E-state index contributed by atoms with van der Waals surface area (Å²) in [5.74, 6) is 2.49. The molecule has 9 heteroatoms. The predicted octanol–water partition coefficient (Wildman–Crippen LogP) is 4.66. The zero-order chi connectivity index (χ0) is 25.2. The van der Waals surface area contributed by atoms with Gasteiger partial charge in [-0.25, -0.2) is 4.68 Å². The second-order valence-corrected chi connectivity index (χ2v) is 9.86. The highest BCUT2D eigenvalue weighted by Gasteiger charge is 2.34. The molecule has 9 nitrogen and oxygen atoms in total. The number of rotatable bonds is 10. The van der Waals surface area contributed by atoms with Gasteiger partial charge in [0.25, 0.3) is 5.56 Å². The molecule has 3 aromatic heterocycles. The van der Waals surface area contributed by atoms with Crippen LogP contribution in [-0.2, 0) is 18.6 Å². The van der Waals surface area contributed by atoms with Gasteiger partial charge in [-0.05, 0) is 73.0 Å². The molecule has 1 atom stereocenters. The maximum absolute atomic E-state index is 13.1. The standard InChI is InChI=1S/C26H34N6O3/c1-7-26(4,5)32-24(28-29-30-32)23(17(2)3)31(16-21-9-8-12-35-21)15-19-13-18-14-20(34-6)10-11-22(18)27-25(19)33/h8-14,17,23H,7,15-16H2,1-6H3,(H,27,33). The molecule has 0 aliphatic heterocycles. The number of benzene rings is 1. The first kappa shape index (κ1) is 24.7. The maximum Gasteiger partial charge on any atom is 0.252 e. The lowest BCUT2D eigenvalue weighted by Gasteiger charge is -2.35. The van der Waals surface area contributed by atoms with E-state index in [1.165, 1.54) is 0 Å². The Labute approximate surface area is 205 Å². The number of ether oxygens (including phenoxy) is 1. The molecule has 1 unspecified atom stereocenters. The lowest BCUT2D eigenvalue weighted by Crippen LogP contribution is -2.38. The molecule has 0 bridgehead atoms. The highest BCUT2D eigenvalue weighted by Crippen LogP contribution is 2.33. The molecular formula is C26H34N6O3. The molecule has 1 aromatic carbocycles. The minimum Gasteiger partial charge on any atom is -0.497 e. The second kappa shape index (κ2) is 10.0. The summed E-state index contributed by atoms with van der Waals surface area (Å²) in [4.78, 5) is 18.3. The highest BCUT2D eigenvalue weighted by molar-refractivity contribution is 5.80.